The van der Waals surface area contributed by atoms with Gasteiger partial charge >= 0.3 is 0 Å². The zero-order valence-corrected chi connectivity index (χ0v) is 14.7. The fourth-order valence-electron chi connectivity index (χ4n) is 2.26. The van der Waals surface area contributed by atoms with Gasteiger partial charge in [0, 0.05) is 18.5 Å². The van der Waals surface area contributed by atoms with Crippen LogP contribution in [-0.2, 0) is 4.74 Å². The van der Waals surface area contributed by atoms with E-state index in [1.807, 2.05) is 25.1 Å². The Bertz CT molecular complexity index is 834. The Kier molecular flexibility index (Phi) is 5.48. The predicted molar refractivity (Wildman–Crippen MR) is 97.8 cm³/mol. The lowest BCUT2D eigenvalue weighted by Gasteiger charge is -2.08. The molecule has 0 saturated carbocycles. The van der Waals surface area contributed by atoms with Crippen molar-refractivity contribution in [2.75, 3.05) is 19.0 Å². The highest BCUT2D eigenvalue weighted by Gasteiger charge is 2.26. The summed E-state index contributed by atoms with van der Waals surface area (Å²) in [6.45, 7) is 6.08. The van der Waals surface area contributed by atoms with Crippen LogP contribution < -0.4 is 14.8 Å². The third-order valence-electron chi connectivity index (χ3n) is 3.63. The zero-order valence-electron chi connectivity index (χ0n) is 14.7. The Balaban J connectivity index is 1.62. The van der Waals surface area contributed by atoms with E-state index in [2.05, 4.69) is 26.8 Å². The first kappa shape index (κ1) is 17.5. The lowest BCUT2D eigenvalue weighted by Crippen LogP contribution is -2.12. The number of nitrogens with one attached hydrogen (secondary N) is 1. The van der Waals surface area contributed by atoms with Crippen LogP contribution in [0.25, 0.3) is 0 Å². The van der Waals surface area contributed by atoms with E-state index in [0.717, 1.165) is 11.3 Å². The maximum absolute atomic E-state index is 5.78. The second kappa shape index (κ2) is 8.15. The lowest BCUT2D eigenvalue weighted by atomic mass is 10.3. The normalized spacial score (nSPS) is 16.3. The van der Waals surface area contributed by atoms with E-state index in [4.69, 9.17) is 14.2 Å². The van der Waals surface area contributed by atoms with E-state index in [9.17, 15) is 0 Å². The molecule has 1 unspecified atom stereocenters. The van der Waals surface area contributed by atoms with Crippen LogP contribution in [0.2, 0.25) is 0 Å². The average Bonchev–Trinajstić information content (AvgIpc) is 3.11. The standard InChI is InChI=1S/C19H20N4O3/c1-4-14(24-3)6-5-13(2)12-25-15-9-16-18(22-10-15)26-19(23-16)17-11-20-7-8-21-17/h4-11,19,23H,1,12H2,2-3H3/b13-5+,14-6+. The molecule has 0 saturated heterocycles. The van der Waals surface area contributed by atoms with Gasteiger partial charge in [-0.1, -0.05) is 12.7 Å². The van der Waals surface area contributed by atoms with Crippen molar-refractivity contribution in [3.63, 3.8) is 0 Å². The van der Waals surface area contributed by atoms with Gasteiger partial charge in [-0.05, 0) is 24.6 Å². The summed E-state index contributed by atoms with van der Waals surface area (Å²) < 4.78 is 16.6. The molecule has 26 heavy (non-hydrogen) atoms. The van der Waals surface area contributed by atoms with Crippen molar-refractivity contribution in [2.45, 2.75) is 13.2 Å². The molecule has 7 heteroatoms. The van der Waals surface area contributed by atoms with E-state index in [-0.39, 0.29) is 0 Å². The Labute approximate surface area is 152 Å². The van der Waals surface area contributed by atoms with Crippen LogP contribution in [-0.4, -0.2) is 28.7 Å². The summed E-state index contributed by atoms with van der Waals surface area (Å²) in [6.07, 6.45) is 11.5. The number of allylic oxidation sites excluding steroid dienone is 3. The fraction of sp³-hybridized carbons (Fsp3) is 0.211. The molecule has 0 aromatic carbocycles. The van der Waals surface area contributed by atoms with Crippen LogP contribution in [0.4, 0.5) is 5.69 Å². The van der Waals surface area contributed by atoms with E-state index in [1.54, 1.807) is 38.0 Å². The molecule has 3 rings (SSSR count). The molecule has 7 nitrogen and oxygen atoms in total. The monoisotopic (exact) mass is 352 g/mol. The Morgan fingerprint density at radius 1 is 1.31 bits per heavy atom. The first-order valence-electron chi connectivity index (χ1n) is 8.05. The second-order valence-corrected chi connectivity index (χ2v) is 5.58. The second-order valence-electron chi connectivity index (χ2n) is 5.58. The topological polar surface area (TPSA) is 78.4 Å². The zero-order chi connectivity index (χ0) is 18.4. The molecule has 134 valence electrons. The third kappa shape index (κ3) is 4.18. The van der Waals surface area contributed by atoms with Crippen molar-refractivity contribution < 1.29 is 14.2 Å². The number of methoxy groups -OCH3 is 1. The van der Waals surface area contributed by atoms with Gasteiger partial charge in [-0.3, -0.25) is 9.97 Å². The van der Waals surface area contributed by atoms with Crippen molar-refractivity contribution in [3.8, 4) is 11.6 Å². The smallest absolute Gasteiger partial charge is 0.239 e. The van der Waals surface area contributed by atoms with Crippen molar-refractivity contribution in [1.82, 2.24) is 15.0 Å². The summed E-state index contributed by atoms with van der Waals surface area (Å²) in [6, 6.07) is 1.85. The van der Waals surface area contributed by atoms with Crippen LogP contribution >= 0.6 is 0 Å². The van der Waals surface area contributed by atoms with E-state index >= 15 is 0 Å². The van der Waals surface area contributed by atoms with Gasteiger partial charge in [-0.2, -0.15) is 0 Å². The molecule has 2 aromatic rings. The summed E-state index contributed by atoms with van der Waals surface area (Å²) in [5, 5.41) is 3.22. The average molecular weight is 352 g/mol. The Morgan fingerprint density at radius 2 is 2.19 bits per heavy atom. The minimum atomic E-state index is -0.403. The van der Waals surface area contributed by atoms with Gasteiger partial charge in [0.05, 0.1) is 19.5 Å². The largest absolute Gasteiger partial charge is 0.497 e. The maximum atomic E-state index is 5.78. The minimum absolute atomic E-state index is 0.403. The molecule has 0 bridgehead atoms. The highest BCUT2D eigenvalue weighted by Crippen LogP contribution is 2.37. The lowest BCUT2D eigenvalue weighted by molar-refractivity contribution is 0.244. The Hall–Kier alpha value is -3.35. The minimum Gasteiger partial charge on any atom is -0.497 e. The molecule has 0 spiro atoms. The van der Waals surface area contributed by atoms with Crippen molar-refractivity contribution >= 4 is 5.69 Å². The molecule has 0 radical (unpaired) electrons. The molecule has 2 aromatic heterocycles. The molecule has 1 atom stereocenters. The number of hydrogen-bond donors (Lipinski definition) is 1. The van der Waals surface area contributed by atoms with Crippen LogP contribution in [0.15, 0.2) is 67.0 Å². The van der Waals surface area contributed by atoms with Crippen LogP contribution in [0, 0.1) is 0 Å². The number of aromatic nitrogens is 3. The molecule has 1 aliphatic rings. The first-order chi connectivity index (χ1) is 12.7. The van der Waals surface area contributed by atoms with Gasteiger partial charge in [-0.15, -0.1) is 0 Å². The number of fused-ring (bicyclic) bond motifs is 1. The van der Waals surface area contributed by atoms with Crippen LogP contribution in [0.5, 0.6) is 11.6 Å². The van der Waals surface area contributed by atoms with Gasteiger partial charge in [0.25, 0.3) is 0 Å². The van der Waals surface area contributed by atoms with Gasteiger partial charge in [0.2, 0.25) is 12.1 Å². The number of hydrogen-bond acceptors (Lipinski definition) is 7. The van der Waals surface area contributed by atoms with Gasteiger partial charge in [0.15, 0.2) is 0 Å². The van der Waals surface area contributed by atoms with Crippen molar-refractivity contribution in [2.24, 2.45) is 0 Å². The van der Waals surface area contributed by atoms with Gasteiger partial charge in [0.1, 0.15) is 29.5 Å². The van der Waals surface area contributed by atoms with Crippen LogP contribution in [0.1, 0.15) is 18.8 Å². The summed E-state index contributed by atoms with van der Waals surface area (Å²) in [7, 11) is 1.60. The van der Waals surface area contributed by atoms with E-state index in [0.29, 0.717) is 29.7 Å². The van der Waals surface area contributed by atoms with Gasteiger partial charge < -0.3 is 19.5 Å². The third-order valence-corrected chi connectivity index (χ3v) is 3.63. The maximum Gasteiger partial charge on any atom is 0.239 e. The summed E-state index contributed by atoms with van der Waals surface area (Å²) >= 11 is 0. The molecule has 0 aliphatic carbocycles. The number of nitrogens with zero attached hydrogens (tertiary/aromatic N) is 3. The Morgan fingerprint density at radius 3 is 2.92 bits per heavy atom. The predicted octanol–water partition coefficient (Wildman–Crippen LogP) is 3.42. The molecular formula is C19H20N4O3. The number of anilines is 1. The molecule has 1 aliphatic heterocycles. The highest BCUT2D eigenvalue weighted by atomic mass is 16.5. The van der Waals surface area contributed by atoms with E-state index < -0.39 is 6.23 Å². The van der Waals surface area contributed by atoms with Crippen molar-refractivity contribution in [1.29, 1.82) is 0 Å². The summed E-state index contributed by atoms with van der Waals surface area (Å²) in [5.41, 5.74) is 2.48. The highest BCUT2D eigenvalue weighted by molar-refractivity contribution is 5.59. The fourth-order valence-corrected chi connectivity index (χ4v) is 2.26. The quantitative estimate of drug-likeness (QED) is 0.604. The first-order valence-corrected chi connectivity index (χ1v) is 8.05. The number of rotatable bonds is 7. The number of pyridine rings is 1. The van der Waals surface area contributed by atoms with Crippen LogP contribution in [0.3, 0.4) is 0 Å². The van der Waals surface area contributed by atoms with Gasteiger partial charge in [-0.25, -0.2) is 4.98 Å². The van der Waals surface area contributed by atoms with Crippen molar-refractivity contribution in [3.05, 3.63) is 72.7 Å². The molecule has 0 amide bonds. The molecule has 1 N–H and O–H groups in total. The number of ether oxygens (including phenoxy) is 3. The molecule has 3 heterocycles. The summed E-state index contributed by atoms with van der Waals surface area (Å²) in [4.78, 5) is 12.6. The van der Waals surface area contributed by atoms with E-state index in [1.165, 1.54) is 0 Å². The summed E-state index contributed by atoms with van der Waals surface area (Å²) in [5.74, 6) is 1.85. The SMILES string of the molecule is C=C/C(=C\C=C(/C)COc1cnc2c(c1)NC(c1cnccn1)O2)OC. The molecule has 0 fully saturated rings. The molecular weight excluding hydrogens is 332 g/mol.